The van der Waals surface area contributed by atoms with Gasteiger partial charge in [0.15, 0.2) is 5.69 Å². The number of carbonyl (C=O) groups is 2. The van der Waals surface area contributed by atoms with E-state index in [4.69, 9.17) is 0 Å². The van der Waals surface area contributed by atoms with Gasteiger partial charge in [-0.15, -0.1) is 11.3 Å². The van der Waals surface area contributed by atoms with Gasteiger partial charge in [-0.05, 0) is 12.1 Å². The van der Waals surface area contributed by atoms with E-state index in [9.17, 15) is 9.59 Å². The number of hydrazine groups is 1. The van der Waals surface area contributed by atoms with Gasteiger partial charge < -0.3 is 0 Å². The highest BCUT2D eigenvalue weighted by atomic mass is 79.9. The van der Waals surface area contributed by atoms with Gasteiger partial charge in [0.25, 0.3) is 5.91 Å². The molecule has 1 aromatic carbocycles. The number of amides is 2. The SMILES string of the molecule is O=C(Cc1csc(-c2cccc(Br)c2)n1)NNC(=O)c1cn[nH]n1. The molecule has 3 N–H and O–H groups in total. The summed E-state index contributed by atoms with van der Waals surface area (Å²) in [7, 11) is 0. The van der Waals surface area contributed by atoms with Crippen molar-refractivity contribution in [3.63, 3.8) is 0 Å². The molecule has 0 aliphatic carbocycles. The number of benzene rings is 1. The van der Waals surface area contributed by atoms with Gasteiger partial charge in [-0.3, -0.25) is 20.4 Å². The van der Waals surface area contributed by atoms with Crippen molar-refractivity contribution in [3.05, 3.63) is 51.7 Å². The molecule has 0 saturated heterocycles. The second-order valence-corrected chi connectivity index (χ2v) is 6.46. The Bertz CT molecular complexity index is 864. The summed E-state index contributed by atoms with van der Waals surface area (Å²) in [5.41, 5.74) is 6.26. The lowest BCUT2D eigenvalue weighted by Gasteiger charge is -2.04. The average Bonchev–Trinajstić information content (AvgIpc) is 3.24. The van der Waals surface area contributed by atoms with Gasteiger partial charge in [-0.25, -0.2) is 4.98 Å². The van der Waals surface area contributed by atoms with Gasteiger partial charge in [0.2, 0.25) is 5.91 Å². The first-order chi connectivity index (χ1) is 11.6. The van der Waals surface area contributed by atoms with Gasteiger partial charge in [0.05, 0.1) is 18.3 Å². The van der Waals surface area contributed by atoms with E-state index in [1.54, 1.807) is 0 Å². The summed E-state index contributed by atoms with van der Waals surface area (Å²) in [6.07, 6.45) is 1.32. The number of aromatic amines is 1. The fourth-order valence-corrected chi connectivity index (χ4v) is 3.07. The van der Waals surface area contributed by atoms with Crippen molar-refractivity contribution in [3.8, 4) is 10.6 Å². The van der Waals surface area contributed by atoms with Crippen LogP contribution in [0, 0.1) is 0 Å². The van der Waals surface area contributed by atoms with Crippen LogP contribution in [-0.4, -0.2) is 32.2 Å². The van der Waals surface area contributed by atoms with E-state index < -0.39 is 5.91 Å². The molecule has 122 valence electrons. The first kappa shape index (κ1) is 16.3. The van der Waals surface area contributed by atoms with Crippen LogP contribution in [0.25, 0.3) is 10.6 Å². The smallest absolute Gasteiger partial charge is 0.273 e. The van der Waals surface area contributed by atoms with Crippen LogP contribution in [0.15, 0.2) is 40.3 Å². The van der Waals surface area contributed by atoms with Crippen molar-refractivity contribution in [2.75, 3.05) is 0 Å². The molecular formula is C14H11BrN6O2S. The lowest BCUT2D eigenvalue weighted by molar-refractivity contribution is -0.121. The second kappa shape index (κ2) is 7.32. The highest BCUT2D eigenvalue weighted by molar-refractivity contribution is 9.10. The predicted molar refractivity (Wildman–Crippen MR) is 90.9 cm³/mol. The Hall–Kier alpha value is -2.59. The van der Waals surface area contributed by atoms with Crippen LogP contribution < -0.4 is 10.9 Å². The van der Waals surface area contributed by atoms with Crippen molar-refractivity contribution in [1.29, 1.82) is 0 Å². The van der Waals surface area contributed by atoms with Crippen LogP contribution in [0.4, 0.5) is 0 Å². The molecule has 8 nitrogen and oxygen atoms in total. The van der Waals surface area contributed by atoms with Crippen molar-refractivity contribution in [1.82, 2.24) is 31.2 Å². The van der Waals surface area contributed by atoms with E-state index in [1.807, 2.05) is 29.6 Å². The Morgan fingerprint density at radius 1 is 1.29 bits per heavy atom. The Balaban J connectivity index is 1.56. The first-order valence-corrected chi connectivity index (χ1v) is 8.44. The van der Waals surface area contributed by atoms with Gasteiger partial charge >= 0.3 is 0 Å². The summed E-state index contributed by atoms with van der Waals surface area (Å²) in [4.78, 5) is 27.9. The predicted octanol–water partition coefficient (Wildman–Crippen LogP) is 1.69. The molecule has 3 rings (SSSR count). The lowest BCUT2D eigenvalue weighted by atomic mass is 10.2. The normalized spacial score (nSPS) is 10.4. The third-order valence-corrected chi connectivity index (χ3v) is 4.36. The first-order valence-electron chi connectivity index (χ1n) is 6.77. The molecule has 10 heteroatoms. The quantitative estimate of drug-likeness (QED) is 0.570. The molecule has 2 amide bonds. The summed E-state index contributed by atoms with van der Waals surface area (Å²) >= 11 is 4.87. The molecule has 3 aromatic rings. The molecule has 0 aliphatic heterocycles. The number of thiazole rings is 1. The van der Waals surface area contributed by atoms with Crippen LogP contribution in [-0.2, 0) is 11.2 Å². The van der Waals surface area contributed by atoms with Crippen LogP contribution >= 0.6 is 27.3 Å². The van der Waals surface area contributed by atoms with Gasteiger partial charge in [-0.1, -0.05) is 28.1 Å². The number of hydrogen-bond acceptors (Lipinski definition) is 6. The molecule has 0 saturated carbocycles. The van der Waals surface area contributed by atoms with Crippen molar-refractivity contribution < 1.29 is 9.59 Å². The number of nitrogens with one attached hydrogen (secondary N) is 3. The third kappa shape index (κ3) is 4.03. The maximum Gasteiger partial charge on any atom is 0.291 e. The Morgan fingerprint density at radius 2 is 2.17 bits per heavy atom. The zero-order valence-electron chi connectivity index (χ0n) is 12.1. The van der Waals surface area contributed by atoms with Crippen molar-refractivity contribution in [2.45, 2.75) is 6.42 Å². The molecule has 2 aromatic heterocycles. The Kier molecular flexibility index (Phi) is 4.96. The maximum absolute atomic E-state index is 11.9. The number of rotatable bonds is 4. The molecule has 0 unspecified atom stereocenters. The zero-order valence-corrected chi connectivity index (χ0v) is 14.5. The van der Waals surface area contributed by atoms with Gasteiger partial charge in [0, 0.05) is 15.4 Å². The standard InChI is InChI=1S/C14H11BrN6O2S/c15-9-3-1-2-8(4-9)14-17-10(7-24-14)5-12(22)19-20-13(23)11-6-16-21-18-11/h1-4,6-7H,5H2,(H,19,22)(H,20,23)(H,16,18,21). The molecule has 2 heterocycles. The minimum absolute atomic E-state index is 0.0591. The number of nitrogens with zero attached hydrogens (tertiary/aromatic N) is 3. The number of carbonyl (C=O) groups excluding carboxylic acids is 2. The minimum atomic E-state index is -0.551. The van der Waals surface area contributed by atoms with Gasteiger partial charge in [-0.2, -0.15) is 15.4 Å². The van der Waals surface area contributed by atoms with Crippen LogP contribution in [0.3, 0.4) is 0 Å². The number of hydrogen-bond donors (Lipinski definition) is 3. The summed E-state index contributed by atoms with van der Waals surface area (Å²) in [6.45, 7) is 0. The number of halogens is 1. The Labute approximate surface area is 148 Å². The number of H-pyrrole nitrogens is 1. The molecule has 0 fully saturated rings. The largest absolute Gasteiger partial charge is 0.291 e. The Morgan fingerprint density at radius 3 is 2.92 bits per heavy atom. The summed E-state index contributed by atoms with van der Waals surface area (Å²) in [6, 6.07) is 7.77. The molecule has 0 aliphatic rings. The molecular weight excluding hydrogens is 396 g/mol. The monoisotopic (exact) mass is 406 g/mol. The molecule has 0 radical (unpaired) electrons. The topological polar surface area (TPSA) is 113 Å². The molecule has 0 bridgehead atoms. The summed E-state index contributed by atoms with van der Waals surface area (Å²) in [5, 5.41) is 12.1. The molecule has 0 atom stereocenters. The molecule has 0 spiro atoms. The average molecular weight is 407 g/mol. The fraction of sp³-hybridized carbons (Fsp3) is 0.0714. The van der Waals surface area contributed by atoms with E-state index in [-0.39, 0.29) is 18.0 Å². The van der Waals surface area contributed by atoms with Crippen LogP contribution in [0.2, 0.25) is 0 Å². The zero-order chi connectivity index (χ0) is 16.9. The summed E-state index contributed by atoms with van der Waals surface area (Å²) < 4.78 is 0.963. The molecule has 24 heavy (non-hydrogen) atoms. The van der Waals surface area contributed by atoms with Crippen LogP contribution in [0.5, 0.6) is 0 Å². The van der Waals surface area contributed by atoms with Gasteiger partial charge in [0.1, 0.15) is 5.01 Å². The minimum Gasteiger partial charge on any atom is -0.273 e. The lowest BCUT2D eigenvalue weighted by Crippen LogP contribution is -2.42. The third-order valence-electron chi connectivity index (χ3n) is 2.93. The van der Waals surface area contributed by atoms with Crippen LogP contribution in [0.1, 0.15) is 16.2 Å². The fourth-order valence-electron chi connectivity index (χ4n) is 1.85. The second-order valence-electron chi connectivity index (χ2n) is 4.69. The van der Waals surface area contributed by atoms with Crippen molar-refractivity contribution in [2.24, 2.45) is 0 Å². The highest BCUT2D eigenvalue weighted by Gasteiger charge is 2.12. The van der Waals surface area contributed by atoms with E-state index >= 15 is 0 Å². The van der Waals surface area contributed by atoms with Crippen molar-refractivity contribution >= 4 is 39.1 Å². The summed E-state index contributed by atoms with van der Waals surface area (Å²) in [5.74, 6) is -0.928. The van der Waals surface area contributed by atoms with E-state index in [2.05, 4.69) is 47.2 Å². The van der Waals surface area contributed by atoms with E-state index in [0.29, 0.717) is 5.69 Å². The highest BCUT2D eigenvalue weighted by Crippen LogP contribution is 2.26. The van der Waals surface area contributed by atoms with E-state index in [1.165, 1.54) is 17.5 Å². The van der Waals surface area contributed by atoms with E-state index in [0.717, 1.165) is 15.0 Å². The number of aromatic nitrogens is 4. The maximum atomic E-state index is 11.9.